The number of thiol groups is 2. The van der Waals surface area contributed by atoms with Crippen LogP contribution in [0.5, 0.6) is 0 Å². The highest BCUT2D eigenvalue weighted by Crippen LogP contribution is 2.12. The highest BCUT2D eigenvalue weighted by Gasteiger charge is 2.10. The third-order valence-electron chi connectivity index (χ3n) is 1.24. The Hall–Kier alpha value is -0.460. The van der Waals surface area contributed by atoms with Gasteiger partial charge in [-0.1, -0.05) is 18.2 Å². The van der Waals surface area contributed by atoms with Crippen LogP contribution in [0.1, 0.15) is 0 Å². The fraction of sp³-hybridized carbons (Fsp3) is 0. The Morgan fingerprint density at radius 3 is 2.15 bits per heavy atom. The molecule has 0 saturated heterocycles. The molecule has 0 amide bonds. The van der Waals surface area contributed by atoms with Crippen LogP contribution >= 0.6 is 25.3 Å². The van der Waals surface area contributed by atoms with Crippen LogP contribution in [-0.4, -0.2) is 12.8 Å². The zero-order valence-electron chi connectivity index (χ0n) is 6.45. The van der Waals surface area contributed by atoms with E-state index >= 15 is 0 Å². The number of rotatable bonds is 2. The number of benzene rings is 1. The van der Waals surface area contributed by atoms with Crippen LogP contribution in [0.3, 0.4) is 0 Å². The van der Waals surface area contributed by atoms with E-state index < -0.39 is 10.0 Å². The maximum atomic E-state index is 11.4. The average molecular weight is 233 g/mol. The maximum absolute atomic E-state index is 11.4. The Kier molecular flexibility index (Phi) is 3.40. The van der Waals surface area contributed by atoms with E-state index in [4.69, 9.17) is 0 Å². The third-order valence-corrected chi connectivity index (χ3v) is 3.00. The monoisotopic (exact) mass is 233 g/mol. The molecule has 3 nitrogen and oxygen atoms in total. The standard InChI is InChI=1S/C7H7NO2S3/c9-13(10,8-7(11)12)6-4-2-1-3-5-6/h1-5H,(H2,8,11,12). The van der Waals surface area contributed by atoms with Gasteiger partial charge in [0.2, 0.25) is 0 Å². The molecule has 1 rings (SSSR count). The molecule has 0 aliphatic rings. The highest BCUT2D eigenvalue weighted by atomic mass is 32.2. The number of sulfonamides is 1. The molecule has 6 heteroatoms. The molecule has 1 aromatic rings. The van der Waals surface area contributed by atoms with E-state index in [1.165, 1.54) is 12.1 Å². The van der Waals surface area contributed by atoms with Crippen molar-refractivity contribution in [2.45, 2.75) is 4.90 Å². The number of hydrogen-bond acceptors (Lipinski definition) is 2. The minimum absolute atomic E-state index is 0.0798. The van der Waals surface area contributed by atoms with Crippen LogP contribution in [0, 0.1) is 0 Å². The fourth-order valence-electron chi connectivity index (χ4n) is 0.753. The molecule has 70 valence electrons. The summed E-state index contributed by atoms with van der Waals surface area (Å²) in [5, 5.41) is 0. The van der Waals surface area contributed by atoms with E-state index in [1.807, 2.05) is 0 Å². The second-order valence-electron chi connectivity index (χ2n) is 2.18. The van der Waals surface area contributed by atoms with E-state index in [9.17, 15) is 8.42 Å². The van der Waals surface area contributed by atoms with Crippen molar-refractivity contribution in [3.05, 3.63) is 30.3 Å². The molecule has 13 heavy (non-hydrogen) atoms. The second kappa shape index (κ2) is 4.17. The molecule has 0 aliphatic heterocycles. The minimum Gasteiger partial charge on any atom is -0.199 e. The minimum atomic E-state index is -3.62. The molecule has 0 bridgehead atoms. The van der Waals surface area contributed by atoms with Crippen molar-refractivity contribution in [2.24, 2.45) is 4.40 Å². The molecule has 1 aromatic carbocycles. The summed E-state index contributed by atoms with van der Waals surface area (Å²) in [6, 6.07) is 7.90. The van der Waals surface area contributed by atoms with Gasteiger partial charge in [-0.3, -0.25) is 0 Å². The average Bonchev–Trinajstić information content (AvgIpc) is 2.04. The van der Waals surface area contributed by atoms with Crippen molar-refractivity contribution in [1.82, 2.24) is 0 Å². The van der Waals surface area contributed by atoms with Crippen molar-refractivity contribution in [1.29, 1.82) is 0 Å². The summed E-state index contributed by atoms with van der Waals surface area (Å²) in [7, 11) is -3.62. The van der Waals surface area contributed by atoms with E-state index in [1.54, 1.807) is 18.2 Å². The van der Waals surface area contributed by atoms with Crippen LogP contribution in [-0.2, 0) is 10.0 Å². The summed E-state index contributed by atoms with van der Waals surface area (Å²) in [6.07, 6.45) is 0. The summed E-state index contributed by atoms with van der Waals surface area (Å²) in [6.45, 7) is 0. The third kappa shape index (κ3) is 3.06. The zero-order valence-corrected chi connectivity index (χ0v) is 9.06. The van der Waals surface area contributed by atoms with E-state index in [-0.39, 0.29) is 9.27 Å². The van der Waals surface area contributed by atoms with Crippen LogP contribution in [0.25, 0.3) is 0 Å². The quantitative estimate of drug-likeness (QED) is 0.463. The summed E-state index contributed by atoms with van der Waals surface area (Å²) in [5.41, 5.74) is 0. The Bertz CT molecular complexity index is 407. The molecule has 0 atom stereocenters. The summed E-state index contributed by atoms with van der Waals surface area (Å²) >= 11 is 7.35. The topological polar surface area (TPSA) is 46.5 Å². The molecule has 0 aliphatic carbocycles. The van der Waals surface area contributed by atoms with Gasteiger partial charge in [0.05, 0.1) is 4.90 Å². The summed E-state index contributed by atoms with van der Waals surface area (Å²) in [5.74, 6) is 0. The molecule has 0 saturated carbocycles. The highest BCUT2D eigenvalue weighted by molar-refractivity contribution is 8.24. The fourth-order valence-corrected chi connectivity index (χ4v) is 2.22. The summed E-state index contributed by atoms with van der Waals surface area (Å²) in [4.78, 5) is 0.135. The predicted molar refractivity (Wildman–Crippen MR) is 59.0 cm³/mol. The first-order chi connectivity index (χ1) is 6.02. The smallest absolute Gasteiger partial charge is 0.199 e. The van der Waals surface area contributed by atoms with Gasteiger partial charge in [0, 0.05) is 0 Å². The predicted octanol–water partition coefficient (Wildman–Crippen LogP) is 1.59. The van der Waals surface area contributed by atoms with Crippen molar-refractivity contribution in [3.63, 3.8) is 0 Å². The summed E-state index contributed by atoms with van der Waals surface area (Å²) < 4.78 is 25.9. The molecule has 0 radical (unpaired) electrons. The zero-order chi connectivity index (χ0) is 9.90. The molecule has 0 aromatic heterocycles. The van der Waals surface area contributed by atoms with Crippen molar-refractivity contribution in [3.8, 4) is 0 Å². The van der Waals surface area contributed by atoms with Crippen molar-refractivity contribution < 1.29 is 8.42 Å². The molecule has 0 N–H and O–H groups in total. The van der Waals surface area contributed by atoms with Gasteiger partial charge in [-0.15, -0.1) is 29.7 Å². The Morgan fingerprint density at radius 2 is 1.69 bits per heavy atom. The largest absolute Gasteiger partial charge is 0.283 e. The van der Waals surface area contributed by atoms with Crippen LogP contribution < -0.4 is 0 Å². The Balaban J connectivity index is 3.18. The molecule has 0 heterocycles. The van der Waals surface area contributed by atoms with Gasteiger partial charge in [0.1, 0.15) is 4.38 Å². The first-order valence-corrected chi connectivity index (χ1v) is 5.64. The number of hydrogen-bond donors (Lipinski definition) is 2. The van der Waals surface area contributed by atoms with Crippen molar-refractivity contribution in [2.75, 3.05) is 0 Å². The van der Waals surface area contributed by atoms with E-state index in [0.29, 0.717) is 0 Å². The lowest BCUT2D eigenvalue weighted by atomic mass is 10.4. The van der Waals surface area contributed by atoms with E-state index in [2.05, 4.69) is 29.7 Å². The normalized spacial score (nSPS) is 10.9. The van der Waals surface area contributed by atoms with Gasteiger partial charge in [-0.2, -0.15) is 8.42 Å². The van der Waals surface area contributed by atoms with Gasteiger partial charge < -0.3 is 0 Å². The SMILES string of the molecule is O=S(=O)(N=C(S)S)c1ccccc1. The number of nitrogens with zero attached hydrogens (tertiary/aromatic N) is 1. The van der Waals surface area contributed by atoms with Gasteiger partial charge in [0.15, 0.2) is 0 Å². The lowest BCUT2D eigenvalue weighted by Gasteiger charge is -1.96. The van der Waals surface area contributed by atoms with E-state index in [0.717, 1.165) is 0 Å². The molecular weight excluding hydrogens is 226 g/mol. The molecule has 0 unspecified atom stereocenters. The second-order valence-corrected chi connectivity index (χ2v) is 4.98. The lowest BCUT2D eigenvalue weighted by Crippen LogP contribution is -1.97. The maximum Gasteiger partial charge on any atom is 0.283 e. The Labute approximate surface area is 87.8 Å². The lowest BCUT2D eigenvalue weighted by molar-refractivity contribution is 0.598. The van der Waals surface area contributed by atoms with Crippen LogP contribution in [0.4, 0.5) is 0 Å². The Morgan fingerprint density at radius 1 is 1.15 bits per heavy atom. The van der Waals surface area contributed by atoms with Crippen molar-refractivity contribution >= 4 is 39.7 Å². The van der Waals surface area contributed by atoms with Crippen LogP contribution in [0.15, 0.2) is 39.6 Å². The van der Waals surface area contributed by atoms with Gasteiger partial charge in [0.25, 0.3) is 10.0 Å². The first-order valence-electron chi connectivity index (χ1n) is 3.30. The molecule has 0 fully saturated rings. The van der Waals surface area contributed by atoms with Gasteiger partial charge in [-0.25, -0.2) is 0 Å². The van der Waals surface area contributed by atoms with Crippen LogP contribution in [0.2, 0.25) is 0 Å². The van der Waals surface area contributed by atoms with Gasteiger partial charge in [-0.05, 0) is 12.1 Å². The molecule has 0 spiro atoms. The van der Waals surface area contributed by atoms with Gasteiger partial charge >= 0.3 is 0 Å². The molecular formula is C7H7NO2S3. The first kappa shape index (κ1) is 10.6.